The number of fused-ring (bicyclic) bond motifs is 2. The highest BCUT2D eigenvalue weighted by Gasteiger charge is 2.25. The Balaban J connectivity index is 1.53. The number of aromatic nitrogens is 2. The van der Waals surface area contributed by atoms with E-state index in [1.54, 1.807) is 34.6 Å². The lowest BCUT2D eigenvalue weighted by molar-refractivity contribution is -0.139. The minimum Gasteiger partial charge on any atom is -0.449 e. The van der Waals surface area contributed by atoms with Gasteiger partial charge in [0.2, 0.25) is 0 Å². The number of nitrogens with zero attached hydrogens (tertiary/aromatic N) is 3. The number of esters is 1. The molecule has 2 aliphatic rings. The summed E-state index contributed by atoms with van der Waals surface area (Å²) in [7, 11) is 0. The van der Waals surface area contributed by atoms with Crippen molar-refractivity contribution in [3.05, 3.63) is 39.9 Å². The predicted molar refractivity (Wildman–Crippen MR) is 118 cm³/mol. The van der Waals surface area contributed by atoms with Gasteiger partial charge in [0.15, 0.2) is 6.10 Å². The molecule has 2 aromatic rings. The number of ether oxygens (including phenoxy) is 1. The van der Waals surface area contributed by atoms with Crippen LogP contribution in [0.4, 0.5) is 0 Å². The summed E-state index contributed by atoms with van der Waals surface area (Å²) >= 11 is 0. The van der Waals surface area contributed by atoms with Crippen molar-refractivity contribution < 1.29 is 14.3 Å². The summed E-state index contributed by atoms with van der Waals surface area (Å²) in [5.41, 5.74) is 0.773. The second kappa shape index (κ2) is 9.62. The molecule has 3 heterocycles. The topological polar surface area (TPSA) is 81.5 Å². The van der Waals surface area contributed by atoms with Gasteiger partial charge in [0.05, 0.1) is 16.5 Å². The van der Waals surface area contributed by atoms with E-state index in [0.717, 1.165) is 76.7 Å². The molecule has 2 aliphatic heterocycles. The highest BCUT2D eigenvalue weighted by atomic mass is 16.5. The molecule has 7 nitrogen and oxygen atoms in total. The van der Waals surface area contributed by atoms with Gasteiger partial charge in [-0.1, -0.05) is 25.7 Å². The number of hydrogen-bond donors (Lipinski definition) is 0. The first-order valence-corrected chi connectivity index (χ1v) is 11.6. The largest absolute Gasteiger partial charge is 0.449 e. The first-order chi connectivity index (χ1) is 15.0. The SMILES string of the molecule is C[C@H](OC(=O)c1ccc2c(=O)n3c(nc2c1)CCCCCC3)C(=O)N1CCCCCC1. The molecule has 1 amide bonds. The van der Waals surface area contributed by atoms with E-state index >= 15 is 0 Å². The number of carbonyl (C=O) groups excluding carboxylic acids is 2. The van der Waals surface area contributed by atoms with Crippen LogP contribution in [0.2, 0.25) is 0 Å². The Hall–Kier alpha value is -2.70. The molecule has 0 N–H and O–H groups in total. The van der Waals surface area contributed by atoms with E-state index in [-0.39, 0.29) is 11.5 Å². The third-order valence-electron chi connectivity index (χ3n) is 6.35. The number of hydrogen-bond acceptors (Lipinski definition) is 5. The molecule has 1 aromatic carbocycles. The molecule has 0 spiro atoms. The molecule has 1 aromatic heterocycles. The average molecular weight is 426 g/mol. The normalized spacial score (nSPS) is 18.4. The van der Waals surface area contributed by atoms with Gasteiger partial charge in [-0.2, -0.15) is 0 Å². The molecular formula is C24H31N3O4. The van der Waals surface area contributed by atoms with Crippen molar-refractivity contribution in [3.63, 3.8) is 0 Å². The predicted octanol–water partition coefficient (Wildman–Crippen LogP) is 3.46. The maximum Gasteiger partial charge on any atom is 0.338 e. The van der Waals surface area contributed by atoms with Gasteiger partial charge in [0.1, 0.15) is 5.82 Å². The van der Waals surface area contributed by atoms with Crippen LogP contribution in [0.1, 0.15) is 74.5 Å². The van der Waals surface area contributed by atoms with E-state index in [2.05, 4.69) is 0 Å². The van der Waals surface area contributed by atoms with Crippen molar-refractivity contribution in [1.82, 2.24) is 14.5 Å². The van der Waals surface area contributed by atoms with Crippen molar-refractivity contribution in [2.24, 2.45) is 0 Å². The van der Waals surface area contributed by atoms with Gasteiger partial charge in [-0.15, -0.1) is 0 Å². The van der Waals surface area contributed by atoms with Crippen LogP contribution >= 0.6 is 0 Å². The maximum atomic E-state index is 12.9. The number of carbonyl (C=O) groups is 2. The van der Waals surface area contributed by atoms with E-state index in [1.165, 1.54) is 0 Å². The Morgan fingerprint density at radius 1 is 0.968 bits per heavy atom. The van der Waals surface area contributed by atoms with Crippen LogP contribution < -0.4 is 5.56 Å². The van der Waals surface area contributed by atoms with Crippen LogP contribution in [-0.2, 0) is 22.5 Å². The van der Waals surface area contributed by atoms with Gasteiger partial charge in [-0.05, 0) is 50.8 Å². The van der Waals surface area contributed by atoms with Crippen LogP contribution in [0.3, 0.4) is 0 Å². The highest BCUT2D eigenvalue weighted by Crippen LogP contribution is 2.18. The highest BCUT2D eigenvalue weighted by molar-refractivity contribution is 5.95. The molecule has 1 saturated heterocycles. The van der Waals surface area contributed by atoms with Gasteiger partial charge in [0, 0.05) is 26.1 Å². The summed E-state index contributed by atoms with van der Waals surface area (Å²) in [6.45, 7) is 3.75. The Kier molecular flexibility index (Phi) is 6.68. The number of likely N-dealkylation sites (tertiary alicyclic amines) is 1. The van der Waals surface area contributed by atoms with E-state index < -0.39 is 12.1 Å². The number of rotatable bonds is 3. The Morgan fingerprint density at radius 3 is 2.39 bits per heavy atom. The minimum absolute atomic E-state index is 0.0495. The number of amides is 1. The lowest BCUT2D eigenvalue weighted by atomic mass is 10.1. The molecule has 0 saturated carbocycles. The maximum absolute atomic E-state index is 12.9. The van der Waals surface area contributed by atoms with Crippen LogP contribution in [0.25, 0.3) is 10.9 Å². The second-order valence-corrected chi connectivity index (χ2v) is 8.67. The third kappa shape index (κ3) is 4.81. The van der Waals surface area contributed by atoms with Crippen LogP contribution in [0.15, 0.2) is 23.0 Å². The van der Waals surface area contributed by atoms with Gasteiger partial charge in [0.25, 0.3) is 11.5 Å². The van der Waals surface area contributed by atoms with Gasteiger partial charge >= 0.3 is 5.97 Å². The molecule has 7 heteroatoms. The minimum atomic E-state index is -0.837. The van der Waals surface area contributed by atoms with Crippen molar-refractivity contribution in [2.75, 3.05) is 13.1 Å². The molecular weight excluding hydrogens is 394 g/mol. The lowest BCUT2D eigenvalue weighted by Gasteiger charge is -2.24. The summed E-state index contributed by atoms with van der Waals surface area (Å²) < 4.78 is 7.26. The molecule has 4 rings (SSSR count). The molecule has 0 aliphatic carbocycles. The van der Waals surface area contributed by atoms with E-state index in [0.29, 0.717) is 23.0 Å². The number of benzene rings is 1. The van der Waals surface area contributed by atoms with Crippen molar-refractivity contribution in [3.8, 4) is 0 Å². The van der Waals surface area contributed by atoms with Gasteiger partial charge < -0.3 is 9.64 Å². The standard InChI is InChI=1S/C24H31N3O4/c1-17(22(28)26-13-7-4-5-8-14-26)31-24(30)18-11-12-19-20(16-18)25-21-10-6-2-3-9-15-27(21)23(19)29/h11-12,16-17H,2-10,13-15H2,1H3/t17-/m0/s1. The zero-order valence-electron chi connectivity index (χ0n) is 18.3. The Morgan fingerprint density at radius 2 is 1.65 bits per heavy atom. The van der Waals surface area contributed by atoms with E-state index in [4.69, 9.17) is 9.72 Å². The Labute approximate surface area is 182 Å². The smallest absolute Gasteiger partial charge is 0.338 e. The van der Waals surface area contributed by atoms with Gasteiger partial charge in [-0.3, -0.25) is 14.2 Å². The fourth-order valence-electron chi connectivity index (χ4n) is 4.55. The molecule has 31 heavy (non-hydrogen) atoms. The van der Waals surface area contributed by atoms with Crippen molar-refractivity contribution in [2.45, 2.75) is 77.4 Å². The number of aryl methyl sites for hydroxylation is 1. The van der Waals surface area contributed by atoms with Gasteiger partial charge in [-0.25, -0.2) is 9.78 Å². The fourth-order valence-corrected chi connectivity index (χ4v) is 4.55. The summed E-state index contributed by atoms with van der Waals surface area (Å²) in [5.74, 6) is 0.0763. The molecule has 0 unspecified atom stereocenters. The Bertz CT molecular complexity index is 1020. The fraction of sp³-hybridized carbons (Fsp3) is 0.583. The molecule has 1 atom stereocenters. The van der Waals surface area contributed by atoms with E-state index in [1.807, 2.05) is 0 Å². The quantitative estimate of drug-likeness (QED) is 0.704. The second-order valence-electron chi connectivity index (χ2n) is 8.67. The van der Waals surface area contributed by atoms with Crippen molar-refractivity contribution in [1.29, 1.82) is 0 Å². The van der Waals surface area contributed by atoms with E-state index in [9.17, 15) is 14.4 Å². The first-order valence-electron chi connectivity index (χ1n) is 11.6. The zero-order chi connectivity index (χ0) is 21.8. The molecule has 0 bridgehead atoms. The molecule has 1 fully saturated rings. The molecule has 166 valence electrons. The third-order valence-corrected chi connectivity index (χ3v) is 6.35. The average Bonchev–Trinajstić information content (AvgIpc) is 3.03. The van der Waals surface area contributed by atoms with Crippen LogP contribution in [0.5, 0.6) is 0 Å². The lowest BCUT2D eigenvalue weighted by Crippen LogP contribution is -2.40. The molecule has 0 radical (unpaired) electrons. The monoisotopic (exact) mass is 425 g/mol. The summed E-state index contributed by atoms with van der Waals surface area (Å²) in [6, 6.07) is 4.85. The van der Waals surface area contributed by atoms with Crippen LogP contribution in [0, 0.1) is 0 Å². The summed E-state index contributed by atoms with van der Waals surface area (Å²) in [5, 5.41) is 0.509. The first kappa shape index (κ1) is 21.5. The summed E-state index contributed by atoms with van der Waals surface area (Å²) in [4.78, 5) is 44.9. The zero-order valence-corrected chi connectivity index (χ0v) is 18.3. The van der Waals surface area contributed by atoms with Crippen molar-refractivity contribution >= 4 is 22.8 Å². The van der Waals surface area contributed by atoms with Crippen LogP contribution in [-0.4, -0.2) is 45.5 Å². The summed E-state index contributed by atoms with van der Waals surface area (Å²) in [6.07, 6.45) is 8.43.